The monoisotopic (exact) mass is 404 g/mol. The number of aliphatic hydroxyl groups is 4. The summed E-state index contributed by atoms with van der Waals surface area (Å²) in [5.74, 6) is -3.70. The van der Waals surface area contributed by atoms with Crippen LogP contribution >= 0.6 is 0 Å². The predicted molar refractivity (Wildman–Crippen MR) is 89.3 cm³/mol. The molecule has 8 atom stereocenters. The van der Waals surface area contributed by atoms with Crippen molar-refractivity contribution in [2.45, 2.75) is 43.4 Å². The van der Waals surface area contributed by atoms with Crippen molar-refractivity contribution in [3.63, 3.8) is 0 Å². The first-order valence-electron chi connectivity index (χ1n) is 8.49. The zero-order valence-electron chi connectivity index (χ0n) is 15.1. The van der Waals surface area contributed by atoms with E-state index in [0.717, 1.165) is 13.4 Å². The van der Waals surface area contributed by atoms with Crippen LogP contribution in [0.1, 0.15) is 6.42 Å². The van der Waals surface area contributed by atoms with Gasteiger partial charge in [0, 0.05) is 11.8 Å². The molecular formula is C17H24O11. The molecule has 2 aliphatic rings. The molecule has 158 valence electrons. The van der Waals surface area contributed by atoms with Gasteiger partial charge in [-0.2, -0.15) is 0 Å². The van der Waals surface area contributed by atoms with E-state index < -0.39 is 73.8 Å². The van der Waals surface area contributed by atoms with Gasteiger partial charge in [-0.25, -0.2) is 4.79 Å². The lowest BCUT2D eigenvalue weighted by Gasteiger charge is -2.42. The van der Waals surface area contributed by atoms with Crippen LogP contribution in [0.15, 0.2) is 24.5 Å². The van der Waals surface area contributed by atoms with Crippen LogP contribution in [0.3, 0.4) is 0 Å². The summed E-state index contributed by atoms with van der Waals surface area (Å²) in [5, 5.41) is 48.2. The minimum absolute atomic E-state index is 0.0246. The number of aliphatic carboxylic acids is 1. The molecule has 0 radical (unpaired) electrons. The maximum absolute atomic E-state index is 11.9. The Balaban J connectivity index is 2.24. The summed E-state index contributed by atoms with van der Waals surface area (Å²) < 4.78 is 20.8. The number of carboxylic acids is 1. The van der Waals surface area contributed by atoms with Crippen LogP contribution in [-0.2, 0) is 28.5 Å². The molecule has 2 aliphatic heterocycles. The van der Waals surface area contributed by atoms with Crippen LogP contribution in [0.4, 0.5) is 0 Å². The van der Waals surface area contributed by atoms with Crippen molar-refractivity contribution in [1.29, 1.82) is 0 Å². The summed E-state index contributed by atoms with van der Waals surface area (Å²) >= 11 is 0. The number of carbonyl (C=O) groups excluding carboxylic acids is 1. The number of methoxy groups -OCH3 is 1. The van der Waals surface area contributed by atoms with Crippen LogP contribution in [-0.4, -0.2) is 88.2 Å². The topological polar surface area (TPSA) is 172 Å². The highest BCUT2D eigenvalue weighted by Gasteiger charge is 2.47. The number of hydrogen-bond donors (Lipinski definition) is 5. The van der Waals surface area contributed by atoms with E-state index in [0.29, 0.717) is 0 Å². The van der Waals surface area contributed by atoms with Crippen molar-refractivity contribution >= 4 is 11.9 Å². The summed E-state index contributed by atoms with van der Waals surface area (Å²) in [6.45, 7) is 2.97. The lowest BCUT2D eigenvalue weighted by Crippen LogP contribution is -2.60. The first kappa shape index (κ1) is 22.3. The number of hydrogen-bond acceptors (Lipinski definition) is 10. The standard InChI is InChI=1S/C17H24O11/c1-3-7-8(4-11(19)20)9(15(24)25-2)6-26-16(7)28-17-14(23)13(22)12(21)10(5-18)27-17/h3,6-8,10,12-14,16-18,21-23H,1,4-5H2,2H3,(H,19,20)/t7-,8-,10-,12-,13+,14-,16+,17+/m0/s1. The van der Waals surface area contributed by atoms with Gasteiger partial charge in [0.25, 0.3) is 0 Å². The minimum Gasteiger partial charge on any atom is -0.481 e. The van der Waals surface area contributed by atoms with Crippen LogP contribution in [0.2, 0.25) is 0 Å². The number of aliphatic hydroxyl groups excluding tert-OH is 4. The first-order valence-corrected chi connectivity index (χ1v) is 8.49. The van der Waals surface area contributed by atoms with E-state index in [9.17, 15) is 35.1 Å². The molecule has 11 nitrogen and oxygen atoms in total. The molecule has 0 aliphatic carbocycles. The summed E-state index contributed by atoms with van der Waals surface area (Å²) in [6, 6.07) is 0. The summed E-state index contributed by atoms with van der Waals surface area (Å²) in [7, 11) is 1.14. The molecule has 11 heteroatoms. The third kappa shape index (κ3) is 4.51. The summed E-state index contributed by atoms with van der Waals surface area (Å²) in [4.78, 5) is 23.2. The van der Waals surface area contributed by atoms with Gasteiger partial charge in [0.1, 0.15) is 24.4 Å². The fraction of sp³-hybridized carbons (Fsp3) is 0.647. The molecule has 0 unspecified atom stereocenters. The van der Waals surface area contributed by atoms with Crippen molar-refractivity contribution in [2.75, 3.05) is 13.7 Å². The van der Waals surface area contributed by atoms with Crippen LogP contribution < -0.4 is 0 Å². The Morgan fingerprint density at radius 2 is 1.89 bits per heavy atom. The Hall–Kier alpha value is -2.02. The molecule has 0 aromatic carbocycles. The Kier molecular flexibility index (Phi) is 7.52. The third-order valence-electron chi connectivity index (χ3n) is 4.71. The quantitative estimate of drug-likeness (QED) is 0.237. The lowest BCUT2D eigenvalue weighted by molar-refractivity contribution is -0.339. The molecule has 2 rings (SSSR count). The Bertz CT molecular complexity index is 616. The van der Waals surface area contributed by atoms with Gasteiger partial charge >= 0.3 is 11.9 Å². The molecule has 0 aromatic heterocycles. The van der Waals surface area contributed by atoms with Gasteiger partial charge in [0.15, 0.2) is 6.29 Å². The van der Waals surface area contributed by atoms with Gasteiger partial charge < -0.3 is 44.5 Å². The maximum atomic E-state index is 11.9. The van der Waals surface area contributed by atoms with Crippen molar-refractivity contribution in [3.05, 3.63) is 24.5 Å². The van der Waals surface area contributed by atoms with Gasteiger partial charge in [-0.15, -0.1) is 6.58 Å². The van der Waals surface area contributed by atoms with Gasteiger partial charge in [-0.3, -0.25) is 4.79 Å². The van der Waals surface area contributed by atoms with Crippen LogP contribution in [0.25, 0.3) is 0 Å². The van der Waals surface area contributed by atoms with E-state index in [1.165, 1.54) is 6.08 Å². The molecule has 0 spiro atoms. The molecule has 1 fully saturated rings. The van der Waals surface area contributed by atoms with E-state index in [-0.39, 0.29) is 5.57 Å². The summed E-state index contributed by atoms with van der Waals surface area (Å²) in [6.07, 6.45) is -6.91. The number of ether oxygens (including phenoxy) is 4. The van der Waals surface area contributed by atoms with Crippen molar-refractivity contribution in [1.82, 2.24) is 0 Å². The Morgan fingerprint density at radius 3 is 2.43 bits per heavy atom. The van der Waals surface area contributed by atoms with E-state index in [4.69, 9.17) is 14.2 Å². The number of rotatable bonds is 7. The van der Waals surface area contributed by atoms with Gasteiger partial charge in [-0.05, 0) is 0 Å². The second kappa shape index (κ2) is 9.45. The van der Waals surface area contributed by atoms with Crippen molar-refractivity contribution in [2.24, 2.45) is 11.8 Å². The largest absolute Gasteiger partial charge is 0.481 e. The number of carbonyl (C=O) groups is 2. The number of esters is 1. The normalized spacial score (nSPS) is 38.1. The smallest absolute Gasteiger partial charge is 0.337 e. The van der Waals surface area contributed by atoms with Crippen LogP contribution in [0, 0.1) is 11.8 Å². The molecule has 2 heterocycles. The molecule has 0 aromatic rings. The van der Waals surface area contributed by atoms with Gasteiger partial charge in [0.2, 0.25) is 6.29 Å². The second-order valence-corrected chi connectivity index (χ2v) is 6.42. The second-order valence-electron chi connectivity index (χ2n) is 6.42. The fourth-order valence-electron chi connectivity index (χ4n) is 3.18. The lowest BCUT2D eigenvalue weighted by atomic mass is 9.81. The van der Waals surface area contributed by atoms with Gasteiger partial charge in [0.05, 0.1) is 32.0 Å². The highest BCUT2D eigenvalue weighted by Crippen LogP contribution is 2.36. The zero-order valence-corrected chi connectivity index (χ0v) is 15.1. The van der Waals surface area contributed by atoms with Crippen molar-refractivity contribution < 1.29 is 54.1 Å². The molecule has 0 saturated carbocycles. The highest BCUT2D eigenvalue weighted by atomic mass is 16.8. The number of carboxylic acid groups (broad SMARTS) is 1. The van der Waals surface area contributed by atoms with Crippen LogP contribution in [0.5, 0.6) is 0 Å². The summed E-state index contributed by atoms with van der Waals surface area (Å²) in [5.41, 5.74) is -0.0246. The molecule has 5 N–H and O–H groups in total. The molecule has 0 bridgehead atoms. The maximum Gasteiger partial charge on any atom is 0.337 e. The van der Waals surface area contributed by atoms with Crippen molar-refractivity contribution in [3.8, 4) is 0 Å². The molecule has 1 saturated heterocycles. The average Bonchev–Trinajstić information content (AvgIpc) is 2.67. The van der Waals surface area contributed by atoms with E-state index in [1.54, 1.807) is 0 Å². The SMILES string of the molecule is C=C[C@@H]1[C@@H](O[C@H]2O[C@@H](CO)[C@H](O)[C@@H](O)[C@@H]2O)OC=C(C(=O)OC)[C@H]1CC(=O)O. The van der Waals surface area contributed by atoms with E-state index in [2.05, 4.69) is 11.3 Å². The zero-order chi connectivity index (χ0) is 21.0. The fourth-order valence-corrected chi connectivity index (χ4v) is 3.18. The predicted octanol–water partition coefficient (Wildman–Crippen LogP) is -1.89. The molecule has 28 heavy (non-hydrogen) atoms. The highest BCUT2D eigenvalue weighted by molar-refractivity contribution is 5.89. The minimum atomic E-state index is -1.67. The average molecular weight is 404 g/mol. The van der Waals surface area contributed by atoms with Gasteiger partial charge in [-0.1, -0.05) is 6.08 Å². The van der Waals surface area contributed by atoms with E-state index >= 15 is 0 Å². The Labute approximate surface area is 160 Å². The third-order valence-corrected chi connectivity index (χ3v) is 4.71. The molecule has 0 amide bonds. The Morgan fingerprint density at radius 1 is 1.21 bits per heavy atom. The first-order chi connectivity index (χ1) is 13.2. The van der Waals surface area contributed by atoms with E-state index in [1.807, 2.05) is 0 Å². The molecular weight excluding hydrogens is 380 g/mol.